The molecule has 1 N–H and O–H groups in total. The Morgan fingerprint density at radius 2 is 1.85 bits per heavy atom. The lowest BCUT2D eigenvalue weighted by Crippen LogP contribution is -2.45. The Labute approximate surface area is 122 Å². The third kappa shape index (κ3) is 10.0. The van der Waals surface area contributed by atoms with E-state index in [1.165, 1.54) is 0 Å². The average molecular weight is 309 g/mol. The fraction of sp³-hybridized carbons (Fsp3) is 0.923. The third-order valence-electron chi connectivity index (χ3n) is 2.46. The van der Waals surface area contributed by atoms with Crippen LogP contribution in [-0.4, -0.2) is 38.5 Å². The molecule has 20 heavy (non-hydrogen) atoms. The van der Waals surface area contributed by atoms with Gasteiger partial charge in [-0.1, -0.05) is 19.8 Å². The number of hydrogen-bond donors (Lipinski definition) is 1. The summed E-state index contributed by atoms with van der Waals surface area (Å²) in [7, 11) is -3.56. The van der Waals surface area contributed by atoms with E-state index in [1.54, 1.807) is 27.7 Å². The van der Waals surface area contributed by atoms with Gasteiger partial charge in [0.05, 0.1) is 18.4 Å². The van der Waals surface area contributed by atoms with Crippen LogP contribution in [0.25, 0.3) is 0 Å². The Balaban J connectivity index is 4.67. The van der Waals surface area contributed by atoms with Gasteiger partial charge >= 0.3 is 6.09 Å². The highest BCUT2D eigenvalue weighted by atomic mass is 32.2. The number of unbranched alkanes of at least 4 members (excludes halogenated alkanes) is 1. The van der Waals surface area contributed by atoms with Crippen LogP contribution in [0.4, 0.5) is 4.79 Å². The van der Waals surface area contributed by atoms with Gasteiger partial charge in [-0.25, -0.2) is 4.79 Å². The first-order valence-electron chi connectivity index (χ1n) is 6.82. The number of amides is 1. The van der Waals surface area contributed by atoms with Gasteiger partial charge in [0.2, 0.25) is 0 Å². The Bertz CT molecular complexity index is 399. The smallest absolute Gasteiger partial charge is 0.407 e. The van der Waals surface area contributed by atoms with E-state index in [1.807, 2.05) is 6.92 Å². The van der Waals surface area contributed by atoms with Gasteiger partial charge in [0.1, 0.15) is 5.60 Å². The number of rotatable bonds is 7. The average Bonchev–Trinajstić information content (AvgIpc) is 2.18. The minimum absolute atomic E-state index is 0.403. The molecule has 0 fully saturated rings. The van der Waals surface area contributed by atoms with Gasteiger partial charge in [-0.05, 0) is 34.1 Å². The molecular formula is C13H27NO5S. The maximum atomic E-state index is 11.8. The van der Waals surface area contributed by atoms with Crippen molar-refractivity contribution in [2.45, 2.75) is 71.6 Å². The fourth-order valence-corrected chi connectivity index (χ4v) is 2.34. The number of hydrogen-bond acceptors (Lipinski definition) is 5. The normalized spacial score (nSPS) is 15.5. The molecular weight excluding hydrogens is 282 g/mol. The third-order valence-corrected chi connectivity index (χ3v) is 3.12. The summed E-state index contributed by atoms with van der Waals surface area (Å²) in [5, 5.41) is 2.68. The molecule has 0 spiro atoms. The SMILES string of the molecule is CCCCC(NC(=O)OC(C)(C)C)C(C)OS(C)(=O)=O. The molecule has 0 aromatic carbocycles. The Morgan fingerprint density at radius 3 is 2.25 bits per heavy atom. The molecule has 0 saturated carbocycles. The molecule has 0 radical (unpaired) electrons. The van der Waals surface area contributed by atoms with Crippen LogP contribution in [0.15, 0.2) is 0 Å². The molecule has 0 aliphatic carbocycles. The van der Waals surface area contributed by atoms with E-state index in [-0.39, 0.29) is 0 Å². The second kappa shape index (κ2) is 7.83. The van der Waals surface area contributed by atoms with Gasteiger partial charge in [0, 0.05) is 0 Å². The number of carbonyl (C=O) groups excluding carboxylic acids is 1. The molecule has 1 amide bonds. The van der Waals surface area contributed by atoms with Crippen molar-refractivity contribution in [1.82, 2.24) is 5.32 Å². The van der Waals surface area contributed by atoms with Gasteiger partial charge in [-0.15, -0.1) is 0 Å². The van der Waals surface area contributed by atoms with Crippen molar-refractivity contribution < 1.29 is 22.1 Å². The fourth-order valence-electron chi connectivity index (χ4n) is 1.65. The van der Waals surface area contributed by atoms with Crippen LogP contribution in [-0.2, 0) is 19.0 Å². The molecule has 0 aromatic rings. The van der Waals surface area contributed by atoms with Crippen LogP contribution in [0.3, 0.4) is 0 Å². The van der Waals surface area contributed by atoms with Crippen molar-refractivity contribution in [1.29, 1.82) is 0 Å². The first-order chi connectivity index (χ1) is 8.94. The van der Waals surface area contributed by atoms with Crippen LogP contribution in [0.1, 0.15) is 53.9 Å². The molecule has 0 rings (SSSR count). The lowest BCUT2D eigenvalue weighted by molar-refractivity contribution is 0.0450. The summed E-state index contributed by atoms with van der Waals surface area (Å²) >= 11 is 0. The van der Waals surface area contributed by atoms with Gasteiger partial charge in [0.25, 0.3) is 10.1 Å². The molecule has 0 aliphatic rings. The predicted octanol–water partition coefficient (Wildman–Crippen LogP) is 2.43. The minimum Gasteiger partial charge on any atom is -0.444 e. The molecule has 2 atom stereocenters. The van der Waals surface area contributed by atoms with Crippen molar-refractivity contribution in [2.24, 2.45) is 0 Å². The summed E-state index contributed by atoms with van der Waals surface area (Å²) in [5.74, 6) is 0. The first kappa shape index (κ1) is 19.2. The quantitative estimate of drug-likeness (QED) is 0.730. The van der Waals surface area contributed by atoms with Crippen LogP contribution in [0, 0.1) is 0 Å². The molecule has 0 saturated heterocycles. The van der Waals surface area contributed by atoms with Gasteiger partial charge in [-0.3, -0.25) is 4.18 Å². The van der Waals surface area contributed by atoms with E-state index in [9.17, 15) is 13.2 Å². The second-order valence-electron chi connectivity index (χ2n) is 5.90. The standard InChI is InChI=1S/C13H27NO5S/c1-7-8-9-11(10(2)19-20(6,16)17)14-12(15)18-13(3,4)5/h10-11H,7-9H2,1-6H3,(H,14,15). The molecule has 0 aliphatic heterocycles. The number of nitrogens with one attached hydrogen (secondary N) is 1. The zero-order valence-electron chi connectivity index (χ0n) is 13.2. The van der Waals surface area contributed by atoms with Crippen molar-refractivity contribution in [3.63, 3.8) is 0 Å². The highest BCUT2D eigenvalue weighted by Gasteiger charge is 2.25. The largest absolute Gasteiger partial charge is 0.444 e. The molecule has 0 bridgehead atoms. The van der Waals surface area contributed by atoms with Crippen LogP contribution in [0.2, 0.25) is 0 Å². The highest BCUT2D eigenvalue weighted by molar-refractivity contribution is 7.86. The molecule has 7 heteroatoms. The van der Waals surface area contributed by atoms with Crippen molar-refractivity contribution in [2.75, 3.05) is 6.26 Å². The zero-order chi connectivity index (χ0) is 16.0. The topological polar surface area (TPSA) is 81.7 Å². The van der Waals surface area contributed by atoms with E-state index in [2.05, 4.69) is 5.32 Å². The summed E-state index contributed by atoms with van der Waals surface area (Å²) in [6.45, 7) is 8.95. The maximum Gasteiger partial charge on any atom is 0.407 e. The van der Waals surface area contributed by atoms with E-state index < -0.39 is 34.0 Å². The number of alkyl carbamates (subject to hydrolysis) is 1. The van der Waals surface area contributed by atoms with Crippen LogP contribution >= 0.6 is 0 Å². The van der Waals surface area contributed by atoms with Crippen LogP contribution < -0.4 is 5.32 Å². The summed E-state index contributed by atoms with van der Waals surface area (Å²) in [5.41, 5.74) is -0.597. The lowest BCUT2D eigenvalue weighted by atomic mass is 10.1. The summed E-state index contributed by atoms with van der Waals surface area (Å²) in [4.78, 5) is 11.8. The van der Waals surface area contributed by atoms with Crippen molar-refractivity contribution in [3.05, 3.63) is 0 Å². The molecule has 0 heterocycles. The Kier molecular flexibility index (Phi) is 7.51. The molecule has 120 valence electrons. The highest BCUT2D eigenvalue weighted by Crippen LogP contribution is 2.12. The van der Waals surface area contributed by atoms with Crippen LogP contribution in [0.5, 0.6) is 0 Å². The van der Waals surface area contributed by atoms with Gasteiger partial charge < -0.3 is 10.1 Å². The maximum absolute atomic E-state index is 11.8. The van der Waals surface area contributed by atoms with Crippen molar-refractivity contribution >= 4 is 16.2 Å². The van der Waals surface area contributed by atoms with E-state index >= 15 is 0 Å². The first-order valence-corrected chi connectivity index (χ1v) is 8.64. The summed E-state index contributed by atoms with van der Waals surface area (Å²) < 4.78 is 32.4. The predicted molar refractivity (Wildman–Crippen MR) is 78.1 cm³/mol. The lowest BCUT2D eigenvalue weighted by Gasteiger charge is -2.26. The van der Waals surface area contributed by atoms with E-state index in [0.717, 1.165) is 19.1 Å². The zero-order valence-corrected chi connectivity index (χ0v) is 14.0. The summed E-state index contributed by atoms with van der Waals surface area (Å²) in [6, 6.07) is -0.403. The minimum atomic E-state index is -3.56. The molecule has 6 nitrogen and oxygen atoms in total. The Hall–Kier alpha value is -0.820. The molecule has 2 unspecified atom stereocenters. The summed E-state index contributed by atoms with van der Waals surface area (Å²) in [6.07, 6.45) is 2.22. The Morgan fingerprint density at radius 1 is 1.30 bits per heavy atom. The monoisotopic (exact) mass is 309 g/mol. The van der Waals surface area contributed by atoms with Crippen molar-refractivity contribution in [3.8, 4) is 0 Å². The van der Waals surface area contributed by atoms with Gasteiger partial charge in [-0.2, -0.15) is 8.42 Å². The second-order valence-corrected chi connectivity index (χ2v) is 7.50. The number of carbonyl (C=O) groups is 1. The number of ether oxygens (including phenoxy) is 1. The molecule has 0 aromatic heterocycles. The van der Waals surface area contributed by atoms with E-state index in [0.29, 0.717) is 6.42 Å². The van der Waals surface area contributed by atoms with Gasteiger partial charge in [0.15, 0.2) is 0 Å². The van der Waals surface area contributed by atoms with E-state index in [4.69, 9.17) is 8.92 Å².